The summed E-state index contributed by atoms with van der Waals surface area (Å²) in [6.07, 6.45) is 3.32. The fourth-order valence-electron chi connectivity index (χ4n) is 2.95. The molecule has 1 amide bonds. The molecule has 0 spiro atoms. The van der Waals surface area contributed by atoms with Gasteiger partial charge in [0.2, 0.25) is 0 Å². The Morgan fingerprint density at radius 1 is 1.08 bits per heavy atom. The van der Waals surface area contributed by atoms with E-state index >= 15 is 0 Å². The number of amides is 1. The Hall–Kier alpha value is -2.69. The van der Waals surface area contributed by atoms with Gasteiger partial charge >= 0.3 is 5.97 Å². The Morgan fingerprint density at radius 2 is 1.84 bits per heavy atom. The van der Waals surface area contributed by atoms with Crippen LogP contribution in [0.1, 0.15) is 41.3 Å². The smallest absolute Gasteiger partial charge is 0.338 e. The second-order valence-corrected chi connectivity index (χ2v) is 6.24. The maximum absolute atomic E-state index is 13.2. The minimum absolute atomic E-state index is 0.321. The van der Waals surface area contributed by atoms with Gasteiger partial charge in [0, 0.05) is 5.69 Å². The molecule has 0 unspecified atom stereocenters. The fourth-order valence-corrected chi connectivity index (χ4v) is 2.95. The molecular formula is C20H20FNO3. The third kappa shape index (κ3) is 4.24. The Kier molecular flexibility index (Phi) is 5.12. The Bertz CT molecular complexity index is 803. The number of hydrogen-bond acceptors (Lipinski definition) is 3. The van der Waals surface area contributed by atoms with Crippen molar-refractivity contribution in [2.45, 2.75) is 38.7 Å². The first kappa shape index (κ1) is 17.1. The predicted octanol–water partition coefficient (Wildman–Crippen LogP) is 3.89. The minimum atomic E-state index is -0.980. The fraction of sp³-hybridized carbons (Fsp3) is 0.300. The van der Waals surface area contributed by atoms with Crippen LogP contribution in [0.2, 0.25) is 0 Å². The molecular weight excluding hydrogens is 321 g/mol. The van der Waals surface area contributed by atoms with Crippen molar-refractivity contribution in [2.75, 3.05) is 5.32 Å². The summed E-state index contributed by atoms with van der Waals surface area (Å²) in [5, 5.41) is 2.53. The second kappa shape index (κ2) is 7.47. The van der Waals surface area contributed by atoms with Gasteiger partial charge in [-0.2, -0.15) is 0 Å². The molecule has 1 aliphatic rings. The number of anilines is 1. The van der Waals surface area contributed by atoms with E-state index < -0.39 is 23.8 Å². The standard InChI is InChI=1S/C20H20FNO3/c1-13(19(23)22-18-8-4-7-17(21)12-18)25-20(24)16-10-9-14-5-2-3-6-15(14)11-16/h4,7-13H,2-3,5-6H2,1H3,(H,22,23)/t13-/m0/s1. The lowest BCUT2D eigenvalue weighted by Gasteiger charge is -2.17. The number of rotatable bonds is 4. The van der Waals surface area contributed by atoms with E-state index in [0.29, 0.717) is 11.3 Å². The van der Waals surface area contributed by atoms with E-state index in [1.165, 1.54) is 42.7 Å². The number of halogens is 1. The van der Waals surface area contributed by atoms with Crippen LogP contribution in [0.25, 0.3) is 0 Å². The van der Waals surface area contributed by atoms with Gasteiger partial charge in [-0.1, -0.05) is 12.1 Å². The van der Waals surface area contributed by atoms with Gasteiger partial charge in [-0.15, -0.1) is 0 Å². The highest BCUT2D eigenvalue weighted by atomic mass is 19.1. The van der Waals surface area contributed by atoms with Crippen LogP contribution in [-0.4, -0.2) is 18.0 Å². The SMILES string of the molecule is C[C@H](OC(=O)c1ccc2c(c1)CCCC2)C(=O)Nc1cccc(F)c1. The van der Waals surface area contributed by atoms with Gasteiger partial charge < -0.3 is 10.1 Å². The maximum atomic E-state index is 13.2. The molecule has 5 heteroatoms. The van der Waals surface area contributed by atoms with Crippen LogP contribution in [0.4, 0.5) is 10.1 Å². The summed E-state index contributed by atoms with van der Waals surface area (Å²) in [4.78, 5) is 24.4. The molecule has 0 radical (unpaired) electrons. The lowest BCUT2D eigenvalue weighted by molar-refractivity contribution is -0.123. The Balaban J connectivity index is 1.62. The molecule has 0 saturated heterocycles. The molecule has 2 aromatic carbocycles. The molecule has 0 fully saturated rings. The van der Waals surface area contributed by atoms with E-state index in [1.807, 2.05) is 12.1 Å². The number of ether oxygens (including phenoxy) is 1. The van der Waals surface area contributed by atoms with Crippen molar-refractivity contribution < 1.29 is 18.7 Å². The molecule has 0 aliphatic heterocycles. The third-order valence-corrected chi connectivity index (χ3v) is 4.33. The summed E-state index contributed by atoms with van der Waals surface area (Å²) >= 11 is 0. The van der Waals surface area contributed by atoms with Gasteiger partial charge in [-0.05, 0) is 74.1 Å². The van der Waals surface area contributed by atoms with Crippen LogP contribution in [0.3, 0.4) is 0 Å². The van der Waals surface area contributed by atoms with Crippen molar-refractivity contribution in [2.24, 2.45) is 0 Å². The summed E-state index contributed by atoms with van der Waals surface area (Å²) < 4.78 is 18.4. The molecule has 0 bridgehead atoms. The lowest BCUT2D eigenvalue weighted by Crippen LogP contribution is -2.30. The predicted molar refractivity (Wildman–Crippen MR) is 93.0 cm³/mol. The van der Waals surface area contributed by atoms with Gasteiger partial charge in [0.25, 0.3) is 5.91 Å². The monoisotopic (exact) mass is 341 g/mol. The summed E-state index contributed by atoms with van der Waals surface area (Å²) in [6.45, 7) is 1.49. The zero-order valence-electron chi connectivity index (χ0n) is 14.0. The first-order chi connectivity index (χ1) is 12.0. The number of nitrogens with one attached hydrogen (secondary N) is 1. The molecule has 0 heterocycles. The first-order valence-electron chi connectivity index (χ1n) is 8.42. The quantitative estimate of drug-likeness (QED) is 0.859. The summed E-state index contributed by atoms with van der Waals surface area (Å²) in [5.41, 5.74) is 3.23. The molecule has 0 saturated carbocycles. The highest BCUT2D eigenvalue weighted by molar-refractivity contribution is 5.97. The van der Waals surface area contributed by atoms with Crippen molar-refractivity contribution >= 4 is 17.6 Å². The molecule has 4 nitrogen and oxygen atoms in total. The van der Waals surface area contributed by atoms with Crippen LogP contribution >= 0.6 is 0 Å². The number of aryl methyl sites for hydroxylation is 2. The summed E-state index contributed by atoms with van der Waals surface area (Å²) in [7, 11) is 0. The number of benzene rings is 2. The number of fused-ring (bicyclic) bond motifs is 1. The zero-order chi connectivity index (χ0) is 17.8. The average molecular weight is 341 g/mol. The van der Waals surface area contributed by atoms with Crippen LogP contribution < -0.4 is 5.32 Å². The van der Waals surface area contributed by atoms with Gasteiger partial charge in [0.15, 0.2) is 6.10 Å². The van der Waals surface area contributed by atoms with Gasteiger partial charge in [0.05, 0.1) is 5.56 Å². The van der Waals surface area contributed by atoms with E-state index in [9.17, 15) is 14.0 Å². The molecule has 1 aliphatic carbocycles. The molecule has 2 aromatic rings. The van der Waals surface area contributed by atoms with Crippen molar-refractivity contribution in [1.29, 1.82) is 0 Å². The Labute approximate surface area is 146 Å². The topological polar surface area (TPSA) is 55.4 Å². The van der Waals surface area contributed by atoms with E-state index in [4.69, 9.17) is 4.74 Å². The first-order valence-corrected chi connectivity index (χ1v) is 8.42. The van der Waals surface area contributed by atoms with Gasteiger partial charge in [0.1, 0.15) is 5.82 Å². The zero-order valence-corrected chi connectivity index (χ0v) is 14.0. The average Bonchev–Trinajstić information content (AvgIpc) is 2.61. The van der Waals surface area contributed by atoms with Crippen molar-refractivity contribution in [3.63, 3.8) is 0 Å². The largest absolute Gasteiger partial charge is 0.449 e. The summed E-state index contributed by atoms with van der Waals surface area (Å²) in [5.74, 6) is -1.48. The maximum Gasteiger partial charge on any atom is 0.338 e. The van der Waals surface area contributed by atoms with E-state index in [2.05, 4.69) is 5.32 Å². The molecule has 1 N–H and O–H groups in total. The Morgan fingerprint density at radius 3 is 2.60 bits per heavy atom. The van der Waals surface area contributed by atoms with Crippen molar-refractivity contribution in [1.82, 2.24) is 0 Å². The molecule has 0 aromatic heterocycles. The van der Waals surface area contributed by atoms with Gasteiger partial charge in [-0.25, -0.2) is 9.18 Å². The minimum Gasteiger partial charge on any atom is -0.449 e. The molecule has 130 valence electrons. The van der Waals surface area contributed by atoms with Crippen LogP contribution in [-0.2, 0) is 22.4 Å². The number of carbonyl (C=O) groups is 2. The number of esters is 1. The lowest BCUT2D eigenvalue weighted by atomic mass is 9.90. The van der Waals surface area contributed by atoms with Crippen molar-refractivity contribution in [3.8, 4) is 0 Å². The summed E-state index contributed by atoms with van der Waals surface area (Å²) in [6, 6.07) is 11.1. The molecule has 1 atom stereocenters. The number of hydrogen-bond donors (Lipinski definition) is 1. The van der Waals surface area contributed by atoms with Gasteiger partial charge in [-0.3, -0.25) is 4.79 Å². The molecule has 3 rings (SSSR count). The number of carbonyl (C=O) groups excluding carboxylic acids is 2. The third-order valence-electron chi connectivity index (χ3n) is 4.33. The second-order valence-electron chi connectivity index (χ2n) is 6.24. The van der Waals surface area contributed by atoms with E-state index in [0.717, 1.165) is 19.3 Å². The van der Waals surface area contributed by atoms with E-state index in [1.54, 1.807) is 12.1 Å². The van der Waals surface area contributed by atoms with Crippen LogP contribution in [0, 0.1) is 5.82 Å². The van der Waals surface area contributed by atoms with Crippen molar-refractivity contribution in [3.05, 3.63) is 65.0 Å². The van der Waals surface area contributed by atoms with Crippen LogP contribution in [0.15, 0.2) is 42.5 Å². The van der Waals surface area contributed by atoms with Crippen LogP contribution in [0.5, 0.6) is 0 Å². The highest BCUT2D eigenvalue weighted by Gasteiger charge is 2.20. The van der Waals surface area contributed by atoms with E-state index in [-0.39, 0.29) is 0 Å². The molecule has 25 heavy (non-hydrogen) atoms. The normalized spacial score (nSPS) is 14.3. The highest BCUT2D eigenvalue weighted by Crippen LogP contribution is 2.22.